The number of rotatable bonds is 6. The van der Waals surface area contributed by atoms with E-state index < -0.39 is 0 Å². The Morgan fingerprint density at radius 1 is 1.03 bits per heavy atom. The first-order chi connectivity index (χ1) is 15.5. The zero-order valence-electron chi connectivity index (χ0n) is 19.0. The molecule has 1 N–H and O–H groups in total. The second-order valence-corrected chi connectivity index (χ2v) is 9.09. The third kappa shape index (κ3) is 4.55. The molecule has 1 aliphatic carbocycles. The van der Waals surface area contributed by atoms with Crippen molar-refractivity contribution in [2.75, 3.05) is 19.5 Å². The molecule has 1 amide bonds. The quantitative estimate of drug-likeness (QED) is 0.453. The molecule has 3 aromatic rings. The predicted octanol–water partition coefficient (Wildman–Crippen LogP) is 6.26. The van der Waals surface area contributed by atoms with Gasteiger partial charge in [-0.2, -0.15) is 0 Å². The van der Waals surface area contributed by atoms with Crippen LogP contribution >= 0.6 is 11.3 Å². The third-order valence-electron chi connectivity index (χ3n) is 5.90. The summed E-state index contributed by atoms with van der Waals surface area (Å²) in [5.74, 6) is 1.33. The van der Waals surface area contributed by atoms with Gasteiger partial charge in [-0.1, -0.05) is 6.07 Å². The van der Waals surface area contributed by atoms with E-state index in [-0.39, 0.29) is 5.91 Å². The zero-order chi connectivity index (χ0) is 22.7. The van der Waals surface area contributed by atoms with Crippen LogP contribution < -0.4 is 14.8 Å². The van der Waals surface area contributed by atoms with Crippen LogP contribution in [0, 0.1) is 13.8 Å². The first-order valence-electron chi connectivity index (χ1n) is 10.8. The summed E-state index contributed by atoms with van der Waals surface area (Å²) in [5.41, 5.74) is 5.80. The molecule has 0 atom stereocenters. The molecule has 0 radical (unpaired) electrons. The van der Waals surface area contributed by atoms with Crippen molar-refractivity contribution >= 4 is 34.1 Å². The summed E-state index contributed by atoms with van der Waals surface area (Å²) < 4.78 is 10.8. The van der Waals surface area contributed by atoms with E-state index in [4.69, 9.17) is 14.5 Å². The Labute approximate surface area is 193 Å². The van der Waals surface area contributed by atoms with Gasteiger partial charge in [0, 0.05) is 22.3 Å². The van der Waals surface area contributed by atoms with Gasteiger partial charge < -0.3 is 14.8 Å². The minimum Gasteiger partial charge on any atom is -0.497 e. The van der Waals surface area contributed by atoms with Gasteiger partial charge in [0.15, 0.2) is 0 Å². The fourth-order valence-electron chi connectivity index (χ4n) is 3.96. The summed E-state index contributed by atoms with van der Waals surface area (Å²) in [5, 5.41) is 3.83. The number of carbonyl (C=O) groups is 1. The van der Waals surface area contributed by atoms with Crippen LogP contribution in [-0.2, 0) is 12.8 Å². The van der Waals surface area contributed by atoms with Crippen LogP contribution in [0.15, 0.2) is 41.4 Å². The number of ether oxygens (including phenoxy) is 2. The number of nitrogens with zero attached hydrogens (tertiary/aromatic N) is 1. The van der Waals surface area contributed by atoms with E-state index in [9.17, 15) is 4.79 Å². The molecule has 1 aromatic heterocycles. The predicted molar refractivity (Wildman–Crippen MR) is 132 cm³/mol. The summed E-state index contributed by atoms with van der Waals surface area (Å²) in [6, 6.07) is 11.6. The minimum atomic E-state index is -0.0996. The Morgan fingerprint density at radius 3 is 2.59 bits per heavy atom. The van der Waals surface area contributed by atoms with Gasteiger partial charge in [-0.05, 0) is 86.6 Å². The van der Waals surface area contributed by atoms with E-state index >= 15 is 0 Å². The summed E-state index contributed by atoms with van der Waals surface area (Å²) in [7, 11) is 3.26. The molecule has 1 heterocycles. The molecular weight excluding hydrogens is 420 g/mol. The van der Waals surface area contributed by atoms with Gasteiger partial charge in [-0.25, -0.2) is 4.99 Å². The molecule has 0 fully saturated rings. The SMILES string of the molecule is COc1ccc(OC)c(C=Nc2sc3c(c2C(=O)Nc2ccc(C)c(C)c2)CCCC3)c1. The number of amides is 1. The van der Waals surface area contributed by atoms with Crippen molar-refractivity contribution in [1.82, 2.24) is 0 Å². The van der Waals surface area contributed by atoms with Gasteiger partial charge in [0.2, 0.25) is 0 Å². The van der Waals surface area contributed by atoms with E-state index in [1.165, 1.54) is 10.4 Å². The monoisotopic (exact) mass is 448 g/mol. The van der Waals surface area contributed by atoms with Crippen LogP contribution in [0.1, 0.15) is 50.3 Å². The van der Waals surface area contributed by atoms with Crippen LogP contribution in [0.5, 0.6) is 11.5 Å². The Morgan fingerprint density at radius 2 is 1.84 bits per heavy atom. The maximum Gasteiger partial charge on any atom is 0.259 e. The maximum atomic E-state index is 13.4. The average molecular weight is 449 g/mol. The number of hydrogen-bond acceptors (Lipinski definition) is 5. The first-order valence-corrected chi connectivity index (χ1v) is 11.6. The Balaban J connectivity index is 1.70. The fraction of sp³-hybridized carbons (Fsp3) is 0.308. The molecule has 2 aromatic carbocycles. The smallest absolute Gasteiger partial charge is 0.259 e. The number of methoxy groups -OCH3 is 2. The van der Waals surface area contributed by atoms with Gasteiger partial charge in [0.1, 0.15) is 16.5 Å². The average Bonchev–Trinajstić information content (AvgIpc) is 3.18. The molecule has 0 spiro atoms. The number of aryl methyl sites for hydroxylation is 3. The molecule has 0 saturated heterocycles. The second-order valence-electron chi connectivity index (χ2n) is 8.01. The normalized spacial score (nSPS) is 13.1. The molecule has 5 nitrogen and oxygen atoms in total. The second kappa shape index (κ2) is 9.57. The van der Waals surface area contributed by atoms with Crippen molar-refractivity contribution in [3.63, 3.8) is 0 Å². The summed E-state index contributed by atoms with van der Waals surface area (Å²) >= 11 is 1.62. The van der Waals surface area contributed by atoms with Gasteiger partial charge >= 0.3 is 0 Å². The van der Waals surface area contributed by atoms with E-state index in [2.05, 4.69) is 19.2 Å². The molecule has 6 heteroatoms. The highest BCUT2D eigenvalue weighted by Gasteiger charge is 2.25. The number of anilines is 1. The standard InChI is InChI=1S/C26H28N2O3S/c1-16-9-10-19(13-17(16)2)28-25(29)24-21-7-5-6-8-23(21)32-26(24)27-15-18-14-20(30-3)11-12-22(18)31-4/h9-15H,5-8H2,1-4H3,(H,28,29). The van der Waals surface area contributed by atoms with Crippen molar-refractivity contribution < 1.29 is 14.3 Å². The van der Waals surface area contributed by atoms with Crippen LogP contribution in [0.4, 0.5) is 10.7 Å². The first kappa shape index (κ1) is 22.1. The molecule has 0 saturated carbocycles. The Hall–Kier alpha value is -3.12. The van der Waals surface area contributed by atoms with Crippen LogP contribution in [-0.4, -0.2) is 26.3 Å². The Kier molecular flexibility index (Phi) is 6.61. The molecule has 1 aliphatic rings. The van der Waals surface area contributed by atoms with Crippen molar-refractivity contribution in [2.24, 2.45) is 4.99 Å². The summed E-state index contributed by atoms with van der Waals surface area (Å²) in [6.07, 6.45) is 5.92. The number of fused-ring (bicyclic) bond motifs is 1. The van der Waals surface area contributed by atoms with Crippen molar-refractivity contribution in [3.05, 3.63) is 69.1 Å². The largest absolute Gasteiger partial charge is 0.497 e. The summed E-state index contributed by atoms with van der Waals surface area (Å²) in [6.45, 7) is 4.12. The topological polar surface area (TPSA) is 59.9 Å². The van der Waals surface area contributed by atoms with E-state index in [1.54, 1.807) is 31.8 Å². The highest BCUT2D eigenvalue weighted by Crippen LogP contribution is 2.40. The molecule has 4 rings (SSSR count). The lowest BCUT2D eigenvalue weighted by Gasteiger charge is -2.13. The van der Waals surface area contributed by atoms with Crippen LogP contribution in [0.25, 0.3) is 0 Å². The lowest BCUT2D eigenvalue weighted by Crippen LogP contribution is -2.15. The number of nitrogens with one attached hydrogen (secondary N) is 1. The van der Waals surface area contributed by atoms with E-state index in [1.807, 2.05) is 36.4 Å². The molecule has 32 heavy (non-hydrogen) atoms. The molecule has 0 bridgehead atoms. The van der Waals surface area contributed by atoms with Gasteiger partial charge in [-0.3, -0.25) is 4.79 Å². The van der Waals surface area contributed by atoms with Gasteiger partial charge in [-0.15, -0.1) is 11.3 Å². The van der Waals surface area contributed by atoms with Crippen molar-refractivity contribution in [2.45, 2.75) is 39.5 Å². The lowest BCUT2D eigenvalue weighted by atomic mass is 9.95. The zero-order valence-corrected chi connectivity index (χ0v) is 19.8. The number of hydrogen-bond donors (Lipinski definition) is 1. The van der Waals surface area contributed by atoms with Crippen LogP contribution in [0.3, 0.4) is 0 Å². The minimum absolute atomic E-state index is 0.0996. The molecule has 166 valence electrons. The van der Waals surface area contributed by atoms with Crippen LogP contribution in [0.2, 0.25) is 0 Å². The fourth-order valence-corrected chi connectivity index (χ4v) is 5.19. The highest BCUT2D eigenvalue weighted by molar-refractivity contribution is 7.16. The molecule has 0 unspecified atom stereocenters. The number of thiophene rings is 1. The number of aliphatic imine (C=N–C) groups is 1. The number of carbonyl (C=O) groups excluding carboxylic acids is 1. The van der Waals surface area contributed by atoms with Crippen molar-refractivity contribution in [3.8, 4) is 11.5 Å². The highest BCUT2D eigenvalue weighted by atomic mass is 32.1. The molecule has 0 aliphatic heterocycles. The van der Waals surface area contributed by atoms with Gasteiger partial charge in [0.05, 0.1) is 19.8 Å². The summed E-state index contributed by atoms with van der Waals surface area (Å²) in [4.78, 5) is 19.4. The lowest BCUT2D eigenvalue weighted by molar-refractivity contribution is 0.102. The Bertz CT molecular complexity index is 1180. The molecular formula is C26H28N2O3S. The van der Waals surface area contributed by atoms with E-state index in [0.717, 1.165) is 58.8 Å². The maximum absolute atomic E-state index is 13.4. The number of benzene rings is 2. The third-order valence-corrected chi connectivity index (χ3v) is 7.10. The van der Waals surface area contributed by atoms with Gasteiger partial charge in [0.25, 0.3) is 5.91 Å². The van der Waals surface area contributed by atoms with E-state index in [0.29, 0.717) is 11.3 Å². The van der Waals surface area contributed by atoms with Crippen molar-refractivity contribution in [1.29, 1.82) is 0 Å².